The zero-order valence-electron chi connectivity index (χ0n) is 17.8. The second-order valence-electron chi connectivity index (χ2n) is 8.86. The monoisotopic (exact) mass is 393 g/mol. The van der Waals surface area contributed by atoms with Crippen molar-refractivity contribution in [3.05, 3.63) is 0 Å². The molecular weight excluding hydrogens is 354 g/mol. The third kappa shape index (κ3) is 6.92. The van der Waals surface area contributed by atoms with Crippen LogP contribution in [0.4, 0.5) is 0 Å². The van der Waals surface area contributed by atoms with E-state index in [1.165, 1.54) is 38.6 Å². The summed E-state index contributed by atoms with van der Waals surface area (Å²) in [4.78, 5) is 20.7. The molecule has 0 bridgehead atoms. The Hall–Kier alpha value is -1.34. The second-order valence-corrected chi connectivity index (χ2v) is 8.86. The van der Waals surface area contributed by atoms with Gasteiger partial charge in [-0.15, -0.1) is 0 Å². The molecule has 2 atom stereocenters. The molecule has 0 aromatic carbocycles. The number of guanidine groups is 1. The molecule has 7 nitrogen and oxygen atoms in total. The van der Waals surface area contributed by atoms with Gasteiger partial charge in [0.15, 0.2) is 5.96 Å². The van der Waals surface area contributed by atoms with Crippen molar-refractivity contribution >= 4 is 11.9 Å². The van der Waals surface area contributed by atoms with Gasteiger partial charge in [0, 0.05) is 52.9 Å². The number of carbonyl (C=O) groups excluding carboxylic acids is 1. The van der Waals surface area contributed by atoms with Gasteiger partial charge in [0.2, 0.25) is 5.91 Å². The van der Waals surface area contributed by atoms with Gasteiger partial charge < -0.3 is 25.2 Å². The van der Waals surface area contributed by atoms with Crippen molar-refractivity contribution in [2.24, 2.45) is 10.9 Å². The Balaban J connectivity index is 1.48. The van der Waals surface area contributed by atoms with Crippen LogP contribution in [0.5, 0.6) is 0 Å². The van der Waals surface area contributed by atoms with Crippen LogP contribution < -0.4 is 10.6 Å². The molecule has 2 saturated heterocycles. The highest BCUT2D eigenvalue weighted by molar-refractivity contribution is 5.85. The highest BCUT2D eigenvalue weighted by Gasteiger charge is 2.27. The smallest absolute Gasteiger partial charge is 0.243 e. The first-order valence-electron chi connectivity index (χ1n) is 11.2. The van der Waals surface area contributed by atoms with E-state index in [4.69, 9.17) is 4.74 Å². The number of nitrogens with zero attached hydrogens (tertiary/aromatic N) is 3. The summed E-state index contributed by atoms with van der Waals surface area (Å²) in [6, 6.07) is 0.398. The molecule has 3 fully saturated rings. The van der Waals surface area contributed by atoms with E-state index in [9.17, 15) is 4.79 Å². The maximum atomic E-state index is 12.0. The van der Waals surface area contributed by atoms with Crippen LogP contribution >= 0.6 is 0 Å². The SMILES string of the molecule is CN(C)C(=O)CN=C(NCC1CCCCO1)NC1CCN(CC2CCCC2)C1. The largest absolute Gasteiger partial charge is 0.376 e. The van der Waals surface area contributed by atoms with Crippen LogP contribution in [0, 0.1) is 5.92 Å². The van der Waals surface area contributed by atoms with Crippen LogP contribution in [0.2, 0.25) is 0 Å². The maximum absolute atomic E-state index is 12.0. The van der Waals surface area contributed by atoms with Crippen molar-refractivity contribution in [1.29, 1.82) is 0 Å². The molecule has 1 saturated carbocycles. The summed E-state index contributed by atoms with van der Waals surface area (Å²) >= 11 is 0. The standard InChI is InChI=1S/C21H39N5O2/c1-25(2)20(27)14-23-21(22-13-19-9-5-6-12-28-19)24-18-10-11-26(16-18)15-17-7-3-4-8-17/h17-19H,3-16H2,1-2H3,(H2,22,23,24). The summed E-state index contributed by atoms with van der Waals surface area (Å²) in [6.45, 7) is 5.24. The minimum atomic E-state index is 0.0179. The van der Waals surface area contributed by atoms with Gasteiger partial charge in [-0.1, -0.05) is 12.8 Å². The molecule has 0 radical (unpaired) electrons. The molecule has 7 heteroatoms. The summed E-state index contributed by atoms with van der Waals surface area (Å²) < 4.78 is 5.82. The molecule has 1 amide bonds. The lowest BCUT2D eigenvalue weighted by atomic mass is 10.1. The minimum absolute atomic E-state index is 0.0179. The summed E-state index contributed by atoms with van der Waals surface area (Å²) in [7, 11) is 3.54. The van der Waals surface area contributed by atoms with Crippen LogP contribution in [-0.2, 0) is 9.53 Å². The molecule has 2 N–H and O–H groups in total. The third-order valence-electron chi connectivity index (χ3n) is 6.25. The van der Waals surface area contributed by atoms with Crippen LogP contribution in [0.25, 0.3) is 0 Å². The Morgan fingerprint density at radius 1 is 1.14 bits per heavy atom. The van der Waals surface area contributed by atoms with Crippen molar-refractivity contribution in [1.82, 2.24) is 20.4 Å². The van der Waals surface area contributed by atoms with E-state index in [0.29, 0.717) is 6.04 Å². The summed E-state index contributed by atoms with van der Waals surface area (Å²) in [6.07, 6.45) is 10.5. The second kappa shape index (κ2) is 11.0. The average Bonchev–Trinajstić information content (AvgIpc) is 3.37. The number of likely N-dealkylation sites (N-methyl/N-ethyl adjacent to an activating group) is 1. The topological polar surface area (TPSA) is 69.2 Å². The molecule has 0 aromatic heterocycles. The Bertz CT molecular complexity index is 513. The molecule has 1 aliphatic carbocycles. The van der Waals surface area contributed by atoms with Gasteiger partial charge in [0.1, 0.15) is 6.54 Å². The summed E-state index contributed by atoms with van der Waals surface area (Å²) in [5.41, 5.74) is 0. The molecular formula is C21H39N5O2. The van der Waals surface area contributed by atoms with Gasteiger partial charge in [-0.05, 0) is 44.4 Å². The van der Waals surface area contributed by atoms with Gasteiger partial charge in [-0.25, -0.2) is 4.99 Å². The maximum Gasteiger partial charge on any atom is 0.243 e. The molecule has 0 spiro atoms. The van der Waals surface area contributed by atoms with Crippen molar-refractivity contribution in [3.63, 3.8) is 0 Å². The fourth-order valence-electron chi connectivity index (χ4n) is 4.49. The number of ether oxygens (including phenoxy) is 1. The predicted octanol–water partition coefficient (Wildman–Crippen LogP) is 1.44. The molecule has 3 rings (SSSR count). The number of nitrogens with one attached hydrogen (secondary N) is 2. The van der Waals surface area contributed by atoms with Crippen LogP contribution in [-0.4, -0.2) is 87.2 Å². The molecule has 2 unspecified atom stereocenters. The lowest BCUT2D eigenvalue weighted by Gasteiger charge is -2.25. The number of rotatable bonds is 7. The van der Waals surface area contributed by atoms with E-state index in [1.54, 1.807) is 19.0 Å². The zero-order valence-corrected chi connectivity index (χ0v) is 17.8. The van der Waals surface area contributed by atoms with Crippen molar-refractivity contribution < 1.29 is 9.53 Å². The first-order chi connectivity index (χ1) is 13.6. The highest BCUT2D eigenvalue weighted by Crippen LogP contribution is 2.26. The Morgan fingerprint density at radius 2 is 1.93 bits per heavy atom. The molecule has 0 aromatic rings. The predicted molar refractivity (Wildman–Crippen MR) is 113 cm³/mol. The van der Waals surface area contributed by atoms with Gasteiger partial charge >= 0.3 is 0 Å². The molecule has 3 aliphatic rings. The van der Waals surface area contributed by atoms with Gasteiger partial charge in [0.25, 0.3) is 0 Å². The molecule has 160 valence electrons. The number of aliphatic imine (C=N–C) groups is 1. The van der Waals surface area contributed by atoms with E-state index in [2.05, 4.69) is 20.5 Å². The lowest BCUT2D eigenvalue weighted by Crippen LogP contribution is -2.48. The van der Waals surface area contributed by atoms with E-state index in [1.807, 2.05) is 0 Å². The molecule has 28 heavy (non-hydrogen) atoms. The number of amides is 1. The van der Waals surface area contributed by atoms with Gasteiger partial charge in [0.05, 0.1) is 6.10 Å². The molecule has 2 aliphatic heterocycles. The average molecular weight is 394 g/mol. The normalized spacial score (nSPS) is 27.1. The van der Waals surface area contributed by atoms with E-state index >= 15 is 0 Å². The Kier molecular flexibility index (Phi) is 8.40. The first kappa shape index (κ1) is 21.4. The van der Waals surface area contributed by atoms with Crippen LogP contribution in [0.1, 0.15) is 51.4 Å². The highest BCUT2D eigenvalue weighted by atomic mass is 16.5. The van der Waals surface area contributed by atoms with E-state index in [0.717, 1.165) is 57.4 Å². The van der Waals surface area contributed by atoms with Crippen molar-refractivity contribution in [2.75, 3.05) is 53.4 Å². The molecule has 2 heterocycles. The quantitative estimate of drug-likeness (QED) is 0.506. The van der Waals surface area contributed by atoms with Gasteiger partial charge in [-0.2, -0.15) is 0 Å². The number of hydrogen-bond donors (Lipinski definition) is 2. The lowest BCUT2D eigenvalue weighted by molar-refractivity contribution is -0.127. The summed E-state index contributed by atoms with van der Waals surface area (Å²) in [5, 5.41) is 7.00. The van der Waals surface area contributed by atoms with Gasteiger partial charge in [-0.3, -0.25) is 4.79 Å². The summed E-state index contributed by atoms with van der Waals surface area (Å²) in [5.74, 6) is 1.66. The van der Waals surface area contributed by atoms with Crippen molar-refractivity contribution in [2.45, 2.75) is 63.5 Å². The first-order valence-corrected chi connectivity index (χ1v) is 11.2. The minimum Gasteiger partial charge on any atom is -0.376 e. The number of likely N-dealkylation sites (tertiary alicyclic amines) is 1. The third-order valence-corrected chi connectivity index (χ3v) is 6.25. The van der Waals surface area contributed by atoms with E-state index in [-0.39, 0.29) is 18.6 Å². The fourth-order valence-corrected chi connectivity index (χ4v) is 4.49. The number of hydrogen-bond acceptors (Lipinski definition) is 4. The van der Waals surface area contributed by atoms with Crippen molar-refractivity contribution in [3.8, 4) is 0 Å². The Morgan fingerprint density at radius 3 is 2.64 bits per heavy atom. The Labute approximate surface area is 170 Å². The van der Waals surface area contributed by atoms with Crippen LogP contribution in [0.15, 0.2) is 4.99 Å². The zero-order chi connectivity index (χ0) is 19.8. The van der Waals surface area contributed by atoms with Crippen LogP contribution in [0.3, 0.4) is 0 Å². The fraction of sp³-hybridized carbons (Fsp3) is 0.905. The number of carbonyl (C=O) groups is 1. The van der Waals surface area contributed by atoms with E-state index < -0.39 is 0 Å².